The van der Waals surface area contributed by atoms with Gasteiger partial charge < -0.3 is 10.2 Å². The van der Waals surface area contributed by atoms with Gasteiger partial charge in [-0.05, 0) is 19.9 Å². The Balaban J connectivity index is 1.95. The van der Waals surface area contributed by atoms with Crippen molar-refractivity contribution in [2.24, 2.45) is 0 Å². The number of hydrogen-bond acceptors (Lipinski definition) is 5. The molecular weight excluding hydrogens is 268 g/mol. The molecule has 0 aliphatic carbocycles. The van der Waals surface area contributed by atoms with E-state index in [0.717, 1.165) is 30.9 Å². The minimum Gasteiger partial charge on any atom is -0.333 e. The predicted octanol–water partition coefficient (Wildman–Crippen LogP) is 0.545. The maximum Gasteiger partial charge on any atom is 0.237 e. The molecule has 1 saturated heterocycles. The van der Waals surface area contributed by atoms with Crippen LogP contribution in [-0.4, -0.2) is 50.5 Å². The third-order valence-corrected chi connectivity index (χ3v) is 3.67. The maximum absolute atomic E-state index is 12.2. The summed E-state index contributed by atoms with van der Waals surface area (Å²) in [5.41, 5.74) is 0.831. The molecule has 3 heterocycles. The van der Waals surface area contributed by atoms with Gasteiger partial charge in [0.1, 0.15) is 12.0 Å². The lowest BCUT2D eigenvalue weighted by Crippen LogP contribution is -2.37. The highest BCUT2D eigenvalue weighted by Crippen LogP contribution is 2.32. The Bertz CT molecular complexity index is 612. The van der Waals surface area contributed by atoms with Crippen molar-refractivity contribution in [1.29, 1.82) is 0 Å². The molecule has 7 nitrogen and oxygen atoms in total. The van der Waals surface area contributed by atoms with Crippen molar-refractivity contribution in [2.75, 3.05) is 20.1 Å². The number of carbonyl (C=O) groups excluding carboxylic acids is 1. The fourth-order valence-corrected chi connectivity index (χ4v) is 2.76. The summed E-state index contributed by atoms with van der Waals surface area (Å²) in [6, 6.07) is -0.0167. The van der Waals surface area contributed by atoms with E-state index in [2.05, 4.69) is 20.3 Å². The van der Waals surface area contributed by atoms with E-state index < -0.39 is 0 Å². The van der Waals surface area contributed by atoms with Crippen LogP contribution >= 0.6 is 0 Å². The SMILES string of the molecule is CNCC(=O)N1CCC[C@@H]1c1nccnc1-n1ccnc1. The first-order valence-electron chi connectivity index (χ1n) is 7.04. The van der Waals surface area contributed by atoms with Gasteiger partial charge in [-0.1, -0.05) is 0 Å². The van der Waals surface area contributed by atoms with Gasteiger partial charge in [0.2, 0.25) is 5.91 Å². The van der Waals surface area contributed by atoms with Crippen molar-refractivity contribution in [3.63, 3.8) is 0 Å². The van der Waals surface area contributed by atoms with Gasteiger partial charge >= 0.3 is 0 Å². The lowest BCUT2D eigenvalue weighted by atomic mass is 10.1. The largest absolute Gasteiger partial charge is 0.333 e. The van der Waals surface area contributed by atoms with Crippen LogP contribution in [0.1, 0.15) is 24.6 Å². The number of carbonyl (C=O) groups is 1. The molecule has 2 aromatic heterocycles. The van der Waals surface area contributed by atoms with Crippen LogP contribution in [0, 0.1) is 0 Å². The fourth-order valence-electron chi connectivity index (χ4n) is 2.76. The molecule has 110 valence electrons. The third kappa shape index (κ3) is 2.64. The zero-order valence-corrected chi connectivity index (χ0v) is 11.9. The minimum absolute atomic E-state index is 0.0167. The van der Waals surface area contributed by atoms with Crippen LogP contribution in [0.5, 0.6) is 0 Å². The number of aromatic nitrogens is 4. The molecule has 2 aromatic rings. The number of likely N-dealkylation sites (tertiary alicyclic amines) is 1. The van der Waals surface area contributed by atoms with E-state index in [4.69, 9.17) is 0 Å². The van der Waals surface area contributed by atoms with Crippen molar-refractivity contribution in [3.05, 3.63) is 36.8 Å². The van der Waals surface area contributed by atoms with Crippen LogP contribution in [-0.2, 0) is 4.79 Å². The Morgan fingerprint density at radius 2 is 2.24 bits per heavy atom. The Hall–Kier alpha value is -2.28. The number of hydrogen-bond donors (Lipinski definition) is 1. The number of rotatable bonds is 4. The van der Waals surface area contributed by atoms with Gasteiger partial charge in [0.15, 0.2) is 5.82 Å². The Morgan fingerprint density at radius 1 is 1.38 bits per heavy atom. The number of nitrogens with zero attached hydrogens (tertiary/aromatic N) is 5. The molecule has 0 bridgehead atoms. The second kappa shape index (κ2) is 6.01. The Morgan fingerprint density at radius 3 is 3.00 bits per heavy atom. The average Bonchev–Trinajstić information content (AvgIpc) is 3.19. The summed E-state index contributed by atoms with van der Waals surface area (Å²) in [7, 11) is 1.78. The van der Waals surface area contributed by atoms with Crippen LogP contribution in [0.2, 0.25) is 0 Å². The molecule has 1 aliphatic rings. The zero-order chi connectivity index (χ0) is 14.7. The highest BCUT2D eigenvalue weighted by atomic mass is 16.2. The van der Waals surface area contributed by atoms with Gasteiger partial charge in [-0.2, -0.15) is 0 Å². The molecular formula is C14H18N6O. The highest BCUT2D eigenvalue weighted by Gasteiger charge is 2.32. The summed E-state index contributed by atoms with van der Waals surface area (Å²) < 4.78 is 1.83. The normalized spacial score (nSPS) is 18.1. The first-order chi connectivity index (χ1) is 10.3. The fraction of sp³-hybridized carbons (Fsp3) is 0.429. The molecule has 1 fully saturated rings. The van der Waals surface area contributed by atoms with Gasteiger partial charge in [0.05, 0.1) is 12.6 Å². The summed E-state index contributed by atoms with van der Waals surface area (Å²) in [6.07, 6.45) is 10.5. The lowest BCUT2D eigenvalue weighted by Gasteiger charge is -2.25. The van der Waals surface area contributed by atoms with Gasteiger partial charge in [-0.25, -0.2) is 9.97 Å². The van der Waals surface area contributed by atoms with Crippen LogP contribution in [0.4, 0.5) is 0 Å². The van der Waals surface area contributed by atoms with Gasteiger partial charge in [0.25, 0.3) is 0 Å². The van der Waals surface area contributed by atoms with Crippen molar-refractivity contribution in [2.45, 2.75) is 18.9 Å². The molecule has 1 aliphatic heterocycles. The molecule has 21 heavy (non-hydrogen) atoms. The van der Waals surface area contributed by atoms with Crippen LogP contribution in [0.3, 0.4) is 0 Å². The first-order valence-corrected chi connectivity index (χ1v) is 7.04. The van der Waals surface area contributed by atoms with E-state index in [1.807, 2.05) is 15.7 Å². The molecule has 0 unspecified atom stereocenters. The standard InChI is InChI=1S/C14H18N6O/c1-15-9-12(21)20-7-2-3-11(20)13-14(18-5-4-17-13)19-8-6-16-10-19/h4-6,8,10-11,15H,2-3,7,9H2,1H3/t11-/m1/s1. The summed E-state index contributed by atoms with van der Waals surface area (Å²) in [5.74, 6) is 0.839. The monoisotopic (exact) mass is 286 g/mol. The highest BCUT2D eigenvalue weighted by molar-refractivity contribution is 5.79. The first kappa shape index (κ1) is 13.7. The molecule has 0 aromatic carbocycles. The summed E-state index contributed by atoms with van der Waals surface area (Å²) in [6.45, 7) is 1.11. The topological polar surface area (TPSA) is 75.9 Å². The number of nitrogens with one attached hydrogen (secondary N) is 1. The van der Waals surface area contributed by atoms with Crippen LogP contribution < -0.4 is 5.32 Å². The lowest BCUT2D eigenvalue weighted by molar-refractivity contribution is -0.131. The van der Waals surface area contributed by atoms with Crippen LogP contribution in [0.25, 0.3) is 5.82 Å². The molecule has 1 amide bonds. The molecule has 1 N–H and O–H groups in total. The second-order valence-corrected chi connectivity index (χ2v) is 5.01. The number of likely N-dealkylation sites (N-methyl/N-ethyl adjacent to an activating group) is 1. The molecule has 0 spiro atoms. The molecule has 0 radical (unpaired) electrons. The van der Waals surface area contributed by atoms with Crippen molar-refractivity contribution in [3.8, 4) is 5.82 Å². The smallest absolute Gasteiger partial charge is 0.237 e. The van der Waals surface area contributed by atoms with E-state index in [0.29, 0.717) is 6.54 Å². The third-order valence-electron chi connectivity index (χ3n) is 3.67. The Kier molecular flexibility index (Phi) is 3.92. The molecule has 0 saturated carbocycles. The average molecular weight is 286 g/mol. The second-order valence-electron chi connectivity index (χ2n) is 5.01. The summed E-state index contributed by atoms with van der Waals surface area (Å²) >= 11 is 0. The van der Waals surface area contributed by atoms with Gasteiger partial charge in [-0.15, -0.1) is 0 Å². The number of imidazole rings is 1. The predicted molar refractivity (Wildman–Crippen MR) is 76.8 cm³/mol. The van der Waals surface area contributed by atoms with E-state index in [9.17, 15) is 4.79 Å². The van der Waals surface area contributed by atoms with Crippen molar-refractivity contribution < 1.29 is 4.79 Å². The van der Waals surface area contributed by atoms with Gasteiger partial charge in [-0.3, -0.25) is 14.3 Å². The quantitative estimate of drug-likeness (QED) is 0.888. The maximum atomic E-state index is 12.2. The molecule has 3 rings (SSSR count). The molecule has 7 heteroatoms. The molecule has 1 atom stereocenters. The van der Waals surface area contributed by atoms with E-state index in [-0.39, 0.29) is 11.9 Å². The van der Waals surface area contributed by atoms with Gasteiger partial charge in [0, 0.05) is 31.3 Å². The van der Waals surface area contributed by atoms with E-state index in [1.165, 1.54) is 0 Å². The summed E-state index contributed by atoms with van der Waals surface area (Å²) in [4.78, 5) is 27.1. The van der Waals surface area contributed by atoms with Crippen LogP contribution in [0.15, 0.2) is 31.1 Å². The number of amides is 1. The van der Waals surface area contributed by atoms with Crippen molar-refractivity contribution >= 4 is 5.91 Å². The zero-order valence-electron chi connectivity index (χ0n) is 11.9. The Labute approximate surface area is 123 Å². The van der Waals surface area contributed by atoms with E-state index >= 15 is 0 Å². The summed E-state index contributed by atoms with van der Waals surface area (Å²) in [5, 5.41) is 2.92. The minimum atomic E-state index is -0.0167. The van der Waals surface area contributed by atoms with Crippen molar-refractivity contribution in [1.82, 2.24) is 29.7 Å². The van der Waals surface area contributed by atoms with E-state index in [1.54, 1.807) is 32.0 Å².